The highest BCUT2D eigenvalue weighted by Crippen LogP contribution is 2.39. The molecule has 1 amide bonds. The molecule has 1 fully saturated rings. The maximum Gasteiger partial charge on any atom is 0.270 e. The van der Waals surface area contributed by atoms with Crippen molar-refractivity contribution in [3.05, 3.63) is 52.0 Å². The Bertz CT molecular complexity index is 639. The van der Waals surface area contributed by atoms with Gasteiger partial charge in [-0.15, -0.1) is 11.3 Å². The number of aliphatic hydroxyl groups is 2. The summed E-state index contributed by atoms with van der Waals surface area (Å²) >= 11 is 1.60. The number of aliphatic hydroxyl groups excluding tert-OH is 2. The third kappa shape index (κ3) is 3.19. The van der Waals surface area contributed by atoms with E-state index in [1.807, 2.05) is 17.5 Å². The highest BCUT2D eigenvalue weighted by Gasteiger charge is 2.36. The summed E-state index contributed by atoms with van der Waals surface area (Å²) in [5.74, 6) is -0.00582. The van der Waals surface area contributed by atoms with Crippen LogP contribution >= 0.6 is 11.3 Å². The van der Waals surface area contributed by atoms with Crippen LogP contribution in [-0.2, 0) is 6.61 Å². The second kappa shape index (κ2) is 6.56. The lowest BCUT2D eigenvalue weighted by Gasteiger charge is -2.37. The lowest BCUT2D eigenvalue weighted by Crippen LogP contribution is -2.41. The first-order chi connectivity index (χ1) is 10.7. The van der Waals surface area contributed by atoms with Crippen molar-refractivity contribution in [3.8, 4) is 0 Å². The molecule has 1 aliphatic carbocycles. The van der Waals surface area contributed by atoms with Crippen molar-refractivity contribution in [1.82, 2.24) is 10.3 Å². The normalized spacial score (nSPS) is 21.9. The van der Waals surface area contributed by atoms with Gasteiger partial charge in [-0.1, -0.05) is 6.07 Å². The van der Waals surface area contributed by atoms with E-state index in [1.54, 1.807) is 23.5 Å². The highest BCUT2D eigenvalue weighted by atomic mass is 32.1. The minimum atomic E-state index is -0.264. The molecular formula is C16H18N2O3S. The number of pyridine rings is 1. The van der Waals surface area contributed by atoms with Gasteiger partial charge in [0.2, 0.25) is 0 Å². The van der Waals surface area contributed by atoms with Crippen LogP contribution in [0.5, 0.6) is 0 Å². The maximum absolute atomic E-state index is 12.4. The van der Waals surface area contributed by atoms with Crippen LogP contribution in [-0.4, -0.2) is 27.2 Å². The predicted molar refractivity (Wildman–Crippen MR) is 83.4 cm³/mol. The molecule has 0 bridgehead atoms. The molecule has 0 radical (unpaired) electrons. The number of carbonyl (C=O) groups excluding carboxylic acids is 1. The fraction of sp³-hybridized carbons (Fsp3) is 0.375. The van der Waals surface area contributed by atoms with Crippen molar-refractivity contribution >= 4 is 17.2 Å². The maximum atomic E-state index is 12.4. The number of rotatable bonds is 5. The van der Waals surface area contributed by atoms with Crippen LogP contribution in [0.1, 0.15) is 39.8 Å². The number of aromatic nitrogens is 1. The van der Waals surface area contributed by atoms with Crippen LogP contribution in [0.2, 0.25) is 0 Å². The number of nitrogens with one attached hydrogen (secondary N) is 1. The lowest BCUT2D eigenvalue weighted by atomic mass is 9.76. The Morgan fingerprint density at radius 2 is 2.27 bits per heavy atom. The summed E-state index contributed by atoms with van der Waals surface area (Å²) in [4.78, 5) is 17.6. The van der Waals surface area contributed by atoms with Crippen LogP contribution in [0.15, 0.2) is 35.8 Å². The molecule has 0 aliphatic heterocycles. The predicted octanol–water partition coefficient (Wildman–Crippen LogP) is 1.88. The summed E-state index contributed by atoms with van der Waals surface area (Å²) in [6.45, 7) is -0.119. The molecule has 0 saturated heterocycles. The summed E-state index contributed by atoms with van der Waals surface area (Å²) in [6, 6.07) is 7.12. The molecule has 1 aliphatic rings. The summed E-state index contributed by atoms with van der Waals surface area (Å²) in [5.41, 5.74) is 0.958. The van der Waals surface area contributed by atoms with Gasteiger partial charge in [0.15, 0.2) is 0 Å². The third-order valence-corrected chi connectivity index (χ3v) is 4.95. The first kappa shape index (κ1) is 15.1. The Hall–Kier alpha value is -1.76. The summed E-state index contributed by atoms with van der Waals surface area (Å²) in [6.07, 6.45) is 2.66. The summed E-state index contributed by atoms with van der Waals surface area (Å²) in [7, 11) is 0. The zero-order valence-corrected chi connectivity index (χ0v) is 12.8. The summed E-state index contributed by atoms with van der Waals surface area (Å²) < 4.78 is 0. The molecule has 0 aromatic carbocycles. The van der Waals surface area contributed by atoms with Crippen molar-refractivity contribution in [1.29, 1.82) is 0 Å². The van der Waals surface area contributed by atoms with E-state index in [0.717, 1.165) is 4.88 Å². The van der Waals surface area contributed by atoms with Gasteiger partial charge in [0, 0.05) is 11.1 Å². The Morgan fingerprint density at radius 1 is 1.45 bits per heavy atom. The van der Waals surface area contributed by atoms with E-state index in [0.29, 0.717) is 24.1 Å². The average Bonchev–Trinajstić information content (AvgIpc) is 3.04. The van der Waals surface area contributed by atoms with E-state index in [2.05, 4.69) is 10.3 Å². The fourth-order valence-corrected chi connectivity index (χ4v) is 3.57. The Balaban J connectivity index is 1.76. The summed E-state index contributed by atoms with van der Waals surface area (Å²) in [5, 5.41) is 23.7. The SMILES string of the molecule is O=C(N[C@H](c1cccs1)C1CC(O)C1)c1cc(CO)ccn1. The van der Waals surface area contributed by atoms with Crippen molar-refractivity contribution in [2.45, 2.75) is 31.6 Å². The number of amides is 1. The van der Waals surface area contributed by atoms with Crippen molar-refractivity contribution in [2.75, 3.05) is 0 Å². The van der Waals surface area contributed by atoms with Gasteiger partial charge in [-0.05, 0) is 47.9 Å². The molecule has 2 aromatic heterocycles. The van der Waals surface area contributed by atoms with E-state index in [-0.39, 0.29) is 30.6 Å². The van der Waals surface area contributed by atoms with E-state index < -0.39 is 0 Å². The molecule has 5 nitrogen and oxygen atoms in total. The van der Waals surface area contributed by atoms with Crippen LogP contribution in [0.4, 0.5) is 0 Å². The highest BCUT2D eigenvalue weighted by molar-refractivity contribution is 7.10. The van der Waals surface area contributed by atoms with Gasteiger partial charge in [0.05, 0.1) is 18.8 Å². The van der Waals surface area contributed by atoms with E-state index in [1.165, 1.54) is 6.20 Å². The average molecular weight is 318 g/mol. The molecule has 6 heteroatoms. The monoisotopic (exact) mass is 318 g/mol. The number of hydrogen-bond acceptors (Lipinski definition) is 5. The number of carbonyl (C=O) groups is 1. The minimum Gasteiger partial charge on any atom is -0.393 e. The lowest BCUT2D eigenvalue weighted by molar-refractivity contribution is 0.0240. The van der Waals surface area contributed by atoms with Crippen LogP contribution in [0.25, 0.3) is 0 Å². The smallest absolute Gasteiger partial charge is 0.270 e. The van der Waals surface area contributed by atoms with Crippen molar-refractivity contribution < 1.29 is 15.0 Å². The minimum absolute atomic E-state index is 0.101. The van der Waals surface area contributed by atoms with Crippen LogP contribution in [0, 0.1) is 5.92 Å². The quantitative estimate of drug-likeness (QED) is 0.786. The number of thiophene rings is 1. The van der Waals surface area contributed by atoms with Gasteiger partial charge in [0.25, 0.3) is 5.91 Å². The second-order valence-electron chi connectivity index (χ2n) is 5.56. The van der Waals surface area contributed by atoms with Gasteiger partial charge < -0.3 is 15.5 Å². The molecule has 116 valence electrons. The van der Waals surface area contributed by atoms with Crippen LogP contribution < -0.4 is 5.32 Å². The molecule has 22 heavy (non-hydrogen) atoms. The standard InChI is InChI=1S/C16H18N2O3S/c19-9-10-3-4-17-13(6-10)16(21)18-15(11-7-12(20)8-11)14-2-1-5-22-14/h1-6,11-12,15,19-20H,7-9H2,(H,18,21)/t11?,12?,15-/m0/s1. The molecule has 3 rings (SSSR count). The zero-order valence-electron chi connectivity index (χ0n) is 12.0. The first-order valence-corrected chi connectivity index (χ1v) is 8.13. The van der Waals surface area contributed by atoms with E-state index in [9.17, 15) is 9.90 Å². The Morgan fingerprint density at radius 3 is 2.91 bits per heavy atom. The zero-order chi connectivity index (χ0) is 15.5. The molecule has 2 heterocycles. The third-order valence-electron chi connectivity index (χ3n) is 4.00. The largest absolute Gasteiger partial charge is 0.393 e. The fourth-order valence-electron chi connectivity index (χ4n) is 2.70. The van der Waals surface area contributed by atoms with Crippen molar-refractivity contribution in [3.63, 3.8) is 0 Å². The molecule has 1 saturated carbocycles. The van der Waals surface area contributed by atoms with E-state index >= 15 is 0 Å². The molecule has 1 atom stereocenters. The van der Waals surface area contributed by atoms with Gasteiger partial charge >= 0.3 is 0 Å². The number of hydrogen-bond donors (Lipinski definition) is 3. The molecule has 0 spiro atoms. The Kier molecular flexibility index (Phi) is 4.52. The topological polar surface area (TPSA) is 82.5 Å². The number of nitrogens with zero attached hydrogens (tertiary/aromatic N) is 1. The second-order valence-corrected chi connectivity index (χ2v) is 6.54. The molecule has 3 N–H and O–H groups in total. The Labute approximate surface area is 132 Å². The van der Waals surface area contributed by atoms with Gasteiger partial charge in [0.1, 0.15) is 5.69 Å². The van der Waals surface area contributed by atoms with Crippen LogP contribution in [0.3, 0.4) is 0 Å². The van der Waals surface area contributed by atoms with Gasteiger partial charge in [-0.2, -0.15) is 0 Å². The van der Waals surface area contributed by atoms with Crippen molar-refractivity contribution in [2.24, 2.45) is 5.92 Å². The molecule has 0 unspecified atom stereocenters. The van der Waals surface area contributed by atoms with E-state index in [4.69, 9.17) is 5.11 Å². The first-order valence-electron chi connectivity index (χ1n) is 7.25. The van der Waals surface area contributed by atoms with Gasteiger partial charge in [-0.25, -0.2) is 0 Å². The van der Waals surface area contributed by atoms with Gasteiger partial charge in [-0.3, -0.25) is 9.78 Å². The molecule has 2 aromatic rings. The molecular weight excluding hydrogens is 300 g/mol.